The molecule has 11 nitrogen and oxygen atoms in total. The number of ether oxygens (including phenoxy) is 1. The molecule has 3 aromatic heterocycles. The van der Waals surface area contributed by atoms with Crippen molar-refractivity contribution in [3.05, 3.63) is 78.9 Å². The molecule has 0 fully saturated rings. The molecule has 0 saturated carbocycles. The number of hydrogen-bond donors (Lipinski definition) is 1. The quantitative estimate of drug-likeness (QED) is 0.256. The monoisotopic (exact) mass is 539 g/mol. The molecule has 0 radical (unpaired) electrons. The maximum absolute atomic E-state index is 12.8. The molecular weight excluding hydrogens is 506 g/mol. The molecule has 2 aromatic carbocycles. The van der Waals surface area contributed by atoms with Gasteiger partial charge in [0.05, 0.1) is 18.4 Å². The summed E-state index contributed by atoms with van der Waals surface area (Å²) in [7, 11) is 0. The minimum Gasteiger partial charge on any atom is -0.489 e. The fraction of sp³-hybridized carbons (Fsp3) is 0.310. The van der Waals surface area contributed by atoms with Gasteiger partial charge in [-0.05, 0) is 66.3 Å². The zero-order valence-electron chi connectivity index (χ0n) is 22.9. The van der Waals surface area contributed by atoms with Crippen LogP contribution < -0.4 is 10.1 Å². The van der Waals surface area contributed by atoms with Crippen LogP contribution in [0.4, 0.5) is 0 Å². The maximum atomic E-state index is 12.8. The number of hydrogen-bond acceptors (Lipinski definition) is 8. The number of fused-ring (bicyclic) bond motifs is 1. The number of aromatic nitrogens is 7. The van der Waals surface area contributed by atoms with Gasteiger partial charge in [-0.2, -0.15) is 5.10 Å². The normalized spacial score (nSPS) is 12.1. The van der Waals surface area contributed by atoms with E-state index in [-0.39, 0.29) is 12.0 Å². The van der Waals surface area contributed by atoms with Crippen LogP contribution in [0.2, 0.25) is 0 Å². The van der Waals surface area contributed by atoms with Gasteiger partial charge in [-0.15, -0.1) is 5.10 Å². The van der Waals surface area contributed by atoms with E-state index in [1.165, 1.54) is 0 Å². The number of benzene rings is 2. The van der Waals surface area contributed by atoms with Crippen LogP contribution >= 0.6 is 0 Å². The van der Waals surface area contributed by atoms with Gasteiger partial charge in [0.25, 0.3) is 5.91 Å². The van der Waals surface area contributed by atoms with Gasteiger partial charge in [0.15, 0.2) is 5.65 Å². The summed E-state index contributed by atoms with van der Waals surface area (Å²) in [6, 6.07) is 17.3. The molecule has 206 valence electrons. The third kappa shape index (κ3) is 6.32. The van der Waals surface area contributed by atoms with Gasteiger partial charge < -0.3 is 15.0 Å². The number of nitrogens with one attached hydrogen (secondary N) is 1. The SMILES string of the molecule is CCN(CC)CCNC(=O)c1cccc(-c2cnn3ccc(-c4cccc(O[C@@H](C)Cn5cnnn5)c4)nc23)c1. The summed E-state index contributed by atoms with van der Waals surface area (Å²) >= 11 is 0. The molecule has 0 saturated heterocycles. The summed E-state index contributed by atoms with van der Waals surface area (Å²) in [5, 5.41) is 18.7. The maximum Gasteiger partial charge on any atom is 0.251 e. The van der Waals surface area contributed by atoms with Crippen LogP contribution in [-0.2, 0) is 6.54 Å². The Bertz CT molecular complexity index is 1560. The average Bonchev–Trinajstić information content (AvgIpc) is 3.65. The fourth-order valence-electron chi connectivity index (χ4n) is 4.56. The minimum absolute atomic E-state index is 0.0924. The van der Waals surface area contributed by atoms with Crippen molar-refractivity contribution >= 4 is 11.6 Å². The highest BCUT2D eigenvalue weighted by atomic mass is 16.5. The summed E-state index contributed by atoms with van der Waals surface area (Å²) in [5.41, 5.74) is 4.75. The third-order valence-electron chi connectivity index (χ3n) is 6.72. The summed E-state index contributed by atoms with van der Waals surface area (Å²) in [6.07, 6.45) is 5.11. The van der Waals surface area contributed by atoms with Gasteiger partial charge in [0, 0.05) is 36.0 Å². The molecule has 1 amide bonds. The molecule has 0 aliphatic rings. The molecule has 3 heterocycles. The number of tetrazole rings is 1. The van der Waals surface area contributed by atoms with E-state index in [1.807, 2.05) is 67.7 Å². The number of carbonyl (C=O) groups is 1. The molecule has 0 aliphatic carbocycles. The zero-order valence-corrected chi connectivity index (χ0v) is 22.9. The van der Waals surface area contributed by atoms with Gasteiger partial charge >= 0.3 is 0 Å². The largest absolute Gasteiger partial charge is 0.489 e. The van der Waals surface area contributed by atoms with E-state index in [2.05, 4.69) is 44.7 Å². The second-order valence-corrected chi connectivity index (χ2v) is 9.49. The summed E-state index contributed by atoms with van der Waals surface area (Å²) in [4.78, 5) is 20.0. The van der Waals surface area contributed by atoms with E-state index in [4.69, 9.17) is 9.72 Å². The first-order chi connectivity index (χ1) is 19.5. The Hall–Kier alpha value is -4.64. The van der Waals surface area contributed by atoms with Gasteiger partial charge in [-0.3, -0.25) is 4.79 Å². The van der Waals surface area contributed by atoms with Gasteiger partial charge in [0.2, 0.25) is 0 Å². The number of carbonyl (C=O) groups excluding carboxylic acids is 1. The second kappa shape index (κ2) is 12.5. The van der Waals surface area contributed by atoms with Crippen molar-refractivity contribution in [1.29, 1.82) is 0 Å². The Labute approximate surface area is 232 Å². The van der Waals surface area contributed by atoms with E-state index in [1.54, 1.807) is 21.7 Å². The van der Waals surface area contributed by atoms with Crippen molar-refractivity contribution in [2.45, 2.75) is 33.4 Å². The predicted molar refractivity (Wildman–Crippen MR) is 152 cm³/mol. The van der Waals surface area contributed by atoms with Crippen molar-refractivity contribution in [2.24, 2.45) is 0 Å². The molecule has 40 heavy (non-hydrogen) atoms. The van der Waals surface area contributed by atoms with Crippen LogP contribution in [0.15, 0.2) is 73.3 Å². The standard InChI is InChI=1S/C29H33N9O2/c1-4-36(5-2)15-13-30-29(39)24-10-6-8-22(16-24)26-18-32-38-14-12-27(33-28(26)38)23-9-7-11-25(17-23)40-21(3)19-37-20-31-34-35-37/h6-12,14,16-18,20-21H,4-5,13,15,19H2,1-3H3,(H,30,39)/t21-/m0/s1. The van der Waals surface area contributed by atoms with Crippen molar-refractivity contribution in [3.8, 4) is 28.1 Å². The Morgan fingerprint density at radius 2 is 1.90 bits per heavy atom. The predicted octanol–water partition coefficient (Wildman–Crippen LogP) is 3.59. The molecular formula is C29H33N9O2. The molecule has 0 spiro atoms. The van der Waals surface area contributed by atoms with E-state index in [9.17, 15) is 4.79 Å². The van der Waals surface area contributed by atoms with E-state index in [0.29, 0.717) is 24.3 Å². The van der Waals surface area contributed by atoms with Gasteiger partial charge in [-0.1, -0.05) is 38.1 Å². The fourth-order valence-corrected chi connectivity index (χ4v) is 4.56. The van der Waals surface area contributed by atoms with Crippen LogP contribution in [0.5, 0.6) is 5.75 Å². The molecule has 1 N–H and O–H groups in total. The van der Waals surface area contributed by atoms with Crippen LogP contribution in [-0.4, -0.2) is 77.9 Å². The average molecular weight is 540 g/mol. The molecule has 0 bridgehead atoms. The Morgan fingerprint density at radius 1 is 1.07 bits per heavy atom. The summed E-state index contributed by atoms with van der Waals surface area (Å²) in [5.74, 6) is 0.637. The molecule has 5 aromatic rings. The Morgan fingerprint density at radius 3 is 2.70 bits per heavy atom. The number of nitrogens with zero attached hydrogens (tertiary/aromatic N) is 8. The highest BCUT2D eigenvalue weighted by Gasteiger charge is 2.14. The molecule has 0 aliphatic heterocycles. The molecule has 5 rings (SSSR count). The van der Waals surface area contributed by atoms with Crippen molar-refractivity contribution < 1.29 is 9.53 Å². The lowest BCUT2D eigenvalue weighted by Gasteiger charge is -2.18. The number of amides is 1. The van der Waals surface area contributed by atoms with E-state index < -0.39 is 0 Å². The van der Waals surface area contributed by atoms with Crippen LogP contribution in [0.25, 0.3) is 28.0 Å². The third-order valence-corrected chi connectivity index (χ3v) is 6.72. The van der Waals surface area contributed by atoms with Gasteiger partial charge in [-0.25, -0.2) is 14.2 Å². The lowest BCUT2D eigenvalue weighted by Crippen LogP contribution is -2.34. The highest BCUT2D eigenvalue weighted by Crippen LogP contribution is 2.28. The lowest BCUT2D eigenvalue weighted by atomic mass is 10.0. The first-order valence-electron chi connectivity index (χ1n) is 13.5. The topological polar surface area (TPSA) is 115 Å². The molecule has 0 unspecified atom stereocenters. The van der Waals surface area contributed by atoms with Gasteiger partial charge in [0.1, 0.15) is 18.2 Å². The summed E-state index contributed by atoms with van der Waals surface area (Å²) in [6.45, 7) is 10.1. The molecule has 1 atom stereocenters. The second-order valence-electron chi connectivity index (χ2n) is 9.49. The smallest absolute Gasteiger partial charge is 0.251 e. The minimum atomic E-state index is -0.127. The van der Waals surface area contributed by atoms with Crippen LogP contribution in [0.3, 0.4) is 0 Å². The van der Waals surface area contributed by atoms with E-state index >= 15 is 0 Å². The number of rotatable bonds is 12. The van der Waals surface area contributed by atoms with Crippen molar-refractivity contribution in [2.75, 3.05) is 26.2 Å². The number of likely N-dealkylation sites (N-methyl/N-ethyl adjacent to an activating group) is 1. The zero-order chi connectivity index (χ0) is 27.9. The van der Waals surface area contributed by atoms with Crippen molar-refractivity contribution in [3.63, 3.8) is 0 Å². The van der Waals surface area contributed by atoms with Crippen LogP contribution in [0, 0.1) is 0 Å². The lowest BCUT2D eigenvalue weighted by molar-refractivity contribution is 0.0949. The van der Waals surface area contributed by atoms with E-state index in [0.717, 1.165) is 47.8 Å². The van der Waals surface area contributed by atoms with Crippen LogP contribution in [0.1, 0.15) is 31.1 Å². The highest BCUT2D eigenvalue weighted by molar-refractivity contribution is 5.96. The Balaban J connectivity index is 1.34. The molecule has 11 heteroatoms. The first kappa shape index (κ1) is 26.9. The van der Waals surface area contributed by atoms with Crippen molar-refractivity contribution in [1.82, 2.24) is 45.0 Å². The summed E-state index contributed by atoms with van der Waals surface area (Å²) < 4.78 is 9.48. The Kier molecular flexibility index (Phi) is 8.41. The first-order valence-corrected chi connectivity index (χ1v) is 13.5.